The quantitative estimate of drug-likeness (QED) is 0.887. The SMILES string of the molecule is Cc1ccc(NC(C)c2nccs2)c(C(=O)O)c1. The normalized spacial score (nSPS) is 12.1. The number of aryl methyl sites for hydroxylation is 1. The standard InChI is InChI=1S/C13H14N2O2S/c1-8-3-4-11(10(7-8)13(16)17)15-9(2)12-14-5-6-18-12/h3-7,9,15H,1-2H3,(H,16,17). The summed E-state index contributed by atoms with van der Waals surface area (Å²) in [5.74, 6) is -0.924. The van der Waals surface area contributed by atoms with Gasteiger partial charge in [0.1, 0.15) is 5.01 Å². The molecule has 0 radical (unpaired) electrons. The number of aromatic nitrogens is 1. The molecule has 0 amide bonds. The molecule has 5 heteroatoms. The molecule has 0 aliphatic heterocycles. The molecule has 1 aromatic carbocycles. The highest BCUT2D eigenvalue weighted by Gasteiger charge is 2.14. The number of nitrogens with one attached hydrogen (secondary N) is 1. The largest absolute Gasteiger partial charge is 0.478 e. The van der Waals surface area contributed by atoms with Crippen molar-refractivity contribution in [3.8, 4) is 0 Å². The van der Waals surface area contributed by atoms with E-state index in [9.17, 15) is 9.90 Å². The first-order valence-electron chi connectivity index (χ1n) is 5.58. The molecular weight excluding hydrogens is 248 g/mol. The summed E-state index contributed by atoms with van der Waals surface area (Å²) >= 11 is 1.55. The summed E-state index contributed by atoms with van der Waals surface area (Å²) in [5.41, 5.74) is 1.84. The molecule has 0 saturated carbocycles. The summed E-state index contributed by atoms with van der Waals surface area (Å²) in [6.07, 6.45) is 1.74. The Morgan fingerprint density at radius 2 is 2.28 bits per heavy atom. The zero-order valence-electron chi connectivity index (χ0n) is 10.2. The fourth-order valence-electron chi connectivity index (χ4n) is 1.70. The molecule has 1 atom stereocenters. The molecule has 1 heterocycles. The summed E-state index contributed by atoms with van der Waals surface area (Å²) in [5, 5.41) is 15.2. The van der Waals surface area contributed by atoms with Crippen molar-refractivity contribution in [1.29, 1.82) is 0 Å². The lowest BCUT2D eigenvalue weighted by atomic mass is 10.1. The van der Waals surface area contributed by atoms with Crippen molar-refractivity contribution in [2.75, 3.05) is 5.32 Å². The summed E-state index contributed by atoms with van der Waals surface area (Å²) in [7, 11) is 0. The van der Waals surface area contributed by atoms with Crippen LogP contribution in [0.3, 0.4) is 0 Å². The monoisotopic (exact) mass is 262 g/mol. The summed E-state index contributed by atoms with van der Waals surface area (Å²) in [4.78, 5) is 15.4. The molecule has 1 aromatic heterocycles. The van der Waals surface area contributed by atoms with Crippen molar-refractivity contribution in [2.24, 2.45) is 0 Å². The van der Waals surface area contributed by atoms with E-state index in [0.29, 0.717) is 11.3 Å². The van der Waals surface area contributed by atoms with Crippen molar-refractivity contribution in [3.63, 3.8) is 0 Å². The van der Waals surface area contributed by atoms with E-state index in [1.807, 2.05) is 25.3 Å². The van der Waals surface area contributed by atoms with Crippen LogP contribution in [0.2, 0.25) is 0 Å². The van der Waals surface area contributed by atoms with E-state index in [0.717, 1.165) is 10.6 Å². The Morgan fingerprint density at radius 1 is 1.50 bits per heavy atom. The Bertz CT molecular complexity index is 552. The van der Waals surface area contributed by atoms with Crippen molar-refractivity contribution < 1.29 is 9.90 Å². The maximum absolute atomic E-state index is 11.2. The van der Waals surface area contributed by atoms with Gasteiger partial charge in [-0.25, -0.2) is 9.78 Å². The van der Waals surface area contributed by atoms with E-state index < -0.39 is 5.97 Å². The Kier molecular flexibility index (Phi) is 3.62. The summed E-state index contributed by atoms with van der Waals surface area (Å²) < 4.78 is 0. The first-order valence-corrected chi connectivity index (χ1v) is 6.46. The minimum atomic E-state index is -0.924. The molecule has 94 valence electrons. The van der Waals surface area contributed by atoms with E-state index in [-0.39, 0.29) is 6.04 Å². The molecule has 18 heavy (non-hydrogen) atoms. The molecule has 0 bridgehead atoms. The van der Waals surface area contributed by atoms with Crippen LogP contribution in [0.4, 0.5) is 5.69 Å². The van der Waals surface area contributed by atoms with Gasteiger partial charge >= 0.3 is 5.97 Å². The number of carboxylic acid groups (broad SMARTS) is 1. The zero-order valence-corrected chi connectivity index (χ0v) is 11.0. The maximum atomic E-state index is 11.2. The van der Waals surface area contributed by atoms with Crippen LogP contribution in [0.25, 0.3) is 0 Å². The number of benzene rings is 1. The number of nitrogens with zero attached hydrogens (tertiary/aromatic N) is 1. The molecule has 0 spiro atoms. The third-order valence-corrected chi connectivity index (χ3v) is 3.56. The third kappa shape index (κ3) is 2.68. The molecule has 0 aliphatic carbocycles. The van der Waals surface area contributed by atoms with E-state index in [1.165, 1.54) is 0 Å². The van der Waals surface area contributed by atoms with Gasteiger partial charge in [-0.05, 0) is 26.0 Å². The second-order valence-electron chi connectivity index (χ2n) is 4.09. The van der Waals surface area contributed by atoms with Gasteiger partial charge in [0, 0.05) is 17.3 Å². The molecule has 2 N–H and O–H groups in total. The molecule has 0 saturated heterocycles. The van der Waals surface area contributed by atoms with Crippen LogP contribution >= 0.6 is 11.3 Å². The predicted molar refractivity (Wildman–Crippen MR) is 72.3 cm³/mol. The summed E-state index contributed by atoms with van der Waals surface area (Å²) in [6.45, 7) is 3.84. The van der Waals surface area contributed by atoms with Crippen LogP contribution in [0.15, 0.2) is 29.8 Å². The van der Waals surface area contributed by atoms with Crippen molar-refractivity contribution in [2.45, 2.75) is 19.9 Å². The number of carboxylic acids is 1. The number of anilines is 1. The van der Waals surface area contributed by atoms with Crippen molar-refractivity contribution in [3.05, 3.63) is 45.9 Å². The topological polar surface area (TPSA) is 62.2 Å². The minimum absolute atomic E-state index is 0.00851. The lowest BCUT2D eigenvalue weighted by molar-refractivity contribution is 0.0698. The van der Waals surface area contributed by atoms with E-state index >= 15 is 0 Å². The van der Waals surface area contributed by atoms with Crippen LogP contribution in [-0.4, -0.2) is 16.1 Å². The molecular formula is C13H14N2O2S. The van der Waals surface area contributed by atoms with Crippen molar-refractivity contribution in [1.82, 2.24) is 4.98 Å². The van der Waals surface area contributed by atoms with Crippen LogP contribution < -0.4 is 5.32 Å². The highest BCUT2D eigenvalue weighted by Crippen LogP contribution is 2.24. The van der Waals surface area contributed by atoms with Gasteiger partial charge in [-0.3, -0.25) is 0 Å². The first-order chi connectivity index (χ1) is 8.58. The van der Waals surface area contributed by atoms with Gasteiger partial charge in [0.25, 0.3) is 0 Å². The van der Waals surface area contributed by atoms with E-state index in [4.69, 9.17) is 0 Å². The number of rotatable bonds is 4. The van der Waals surface area contributed by atoms with Crippen molar-refractivity contribution >= 4 is 23.0 Å². The smallest absolute Gasteiger partial charge is 0.337 e. The Balaban J connectivity index is 2.26. The second kappa shape index (κ2) is 5.18. The molecule has 2 rings (SSSR count). The Morgan fingerprint density at radius 3 is 2.89 bits per heavy atom. The van der Waals surface area contributed by atoms with Gasteiger partial charge in [0.15, 0.2) is 0 Å². The highest BCUT2D eigenvalue weighted by molar-refractivity contribution is 7.09. The van der Waals surface area contributed by atoms with E-state index in [2.05, 4.69) is 10.3 Å². The Labute approximate surface area is 109 Å². The molecule has 0 aliphatic rings. The second-order valence-corrected chi connectivity index (χ2v) is 5.02. The maximum Gasteiger partial charge on any atom is 0.337 e. The van der Waals surface area contributed by atoms with Crippen LogP contribution in [0.1, 0.15) is 33.9 Å². The average Bonchev–Trinajstić information content (AvgIpc) is 2.84. The lowest BCUT2D eigenvalue weighted by Crippen LogP contribution is -2.10. The van der Waals surface area contributed by atoms with Crippen LogP contribution in [-0.2, 0) is 0 Å². The summed E-state index contributed by atoms with van der Waals surface area (Å²) in [6, 6.07) is 5.34. The van der Waals surface area contributed by atoms with Gasteiger partial charge in [0.05, 0.1) is 11.6 Å². The van der Waals surface area contributed by atoms with Crippen LogP contribution in [0.5, 0.6) is 0 Å². The highest BCUT2D eigenvalue weighted by atomic mass is 32.1. The first kappa shape index (κ1) is 12.6. The number of aromatic carboxylic acids is 1. The molecule has 0 fully saturated rings. The third-order valence-electron chi connectivity index (χ3n) is 2.60. The molecule has 2 aromatic rings. The fourth-order valence-corrected chi connectivity index (χ4v) is 2.35. The average molecular weight is 262 g/mol. The molecule has 4 nitrogen and oxygen atoms in total. The van der Waals surface area contributed by atoms with Gasteiger partial charge in [-0.1, -0.05) is 11.6 Å². The lowest BCUT2D eigenvalue weighted by Gasteiger charge is -2.15. The number of hydrogen-bond donors (Lipinski definition) is 2. The van der Waals surface area contributed by atoms with E-state index in [1.54, 1.807) is 29.7 Å². The predicted octanol–water partition coefficient (Wildman–Crippen LogP) is 3.32. The fraction of sp³-hybridized carbons (Fsp3) is 0.231. The number of hydrogen-bond acceptors (Lipinski definition) is 4. The van der Waals surface area contributed by atoms with Gasteiger partial charge in [-0.15, -0.1) is 11.3 Å². The number of thiazole rings is 1. The van der Waals surface area contributed by atoms with Crippen LogP contribution in [0, 0.1) is 6.92 Å². The minimum Gasteiger partial charge on any atom is -0.478 e. The molecule has 1 unspecified atom stereocenters. The Hall–Kier alpha value is -1.88. The number of carbonyl (C=O) groups is 1. The van der Waals surface area contributed by atoms with Gasteiger partial charge < -0.3 is 10.4 Å². The zero-order chi connectivity index (χ0) is 13.1. The van der Waals surface area contributed by atoms with Gasteiger partial charge in [-0.2, -0.15) is 0 Å². The van der Waals surface area contributed by atoms with Gasteiger partial charge in [0.2, 0.25) is 0 Å².